The molecule has 2 atom stereocenters. The molecule has 46 heavy (non-hydrogen) atoms. The number of aliphatic hydroxyl groups excluding tert-OH is 1. The number of para-hydroxylation sites is 1. The number of anilines is 2. The van der Waals surface area contributed by atoms with Crippen LogP contribution in [0.2, 0.25) is 5.02 Å². The second-order valence-electron chi connectivity index (χ2n) is 11.5. The van der Waals surface area contributed by atoms with E-state index in [1.54, 1.807) is 54.6 Å². The van der Waals surface area contributed by atoms with Crippen LogP contribution < -0.4 is 19.7 Å². The van der Waals surface area contributed by atoms with Gasteiger partial charge in [0.05, 0.1) is 20.6 Å². The van der Waals surface area contributed by atoms with Crippen LogP contribution in [-0.4, -0.2) is 61.5 Å². The molecule has 1 aliphatic rings. The topological polar surface area (TPSA) is 148 Å². The summed E-state index contributed by atoms with van der Waals surface area (Å²) >= 11 is 6.47. The minimum atomic E-state index is -1.26. The first kappa shape index (κ1) is 35.7. The summed E-state index contributed by atoms with van der Waals surface area (Å²) in [6.07, 6.45) is -2.52. The molecule has 3 N–H and O–H groups in total. The monoisotopic (exact) mass is 863 g/mol. The summed E-state index contributed by atoms with van der Waals surface area (Å²) in [4.78, 5) is 40.5. The minimum absolute atomic E-state index is 0. The van der Waals surface area contributed by atoms with E-state index in [1.807, 2.05) is 13.8 Å². The third-order valence-corrected chi connectivity index (χ3v) is 7.75. The molecule has 1 aliphatic heterocycles. The predicted molar refractivity (Wildman–Crippen MR) is 167 cm³/mol. The average Bonchev–Trinajstić information content (AvgIpc) is 3.41. The maximum Gasteiger partial charge on any atom is 0.371 e. The largest absolute Gasteiger partial charge is 0.493 e. The standard InChI is InChI=1S/C33H33ClN2O9.Ac/c1-33(2,17-37)16-36-23-10-8-19(34)14-22(23)29(21-6-5-7-25(42-3)30(21)43-4)45-26(31(36)39)15-28(38)35-20-9-11-24-18(12-20)13-27(44-24)32(40)41;/h5-14,26,29,37H,15-17H2,1-4H3,(H,35,38)(H,40,41);/t26-,29-;/m1./s1. The molecule has 11 nitrogen and oxygen atoms in total. The van der Waals surface area contributed by atoms with Crippen molar-refractivity contribution in [3.05, 3.63) is 82.6 Å². The van der Waals surface area contributed by atoms with Crippen molar-refractivity contribution >= 4 is 51.7 Å². The van der Waals surface area contributed by atoms with Crippen LogP contribution in [0.1, 0.15) is 48.1 Å². The molecule has 4 aromatic rings. The van der Waals surface area contributed by atoms with E-state index in [9.17, 15) is 24.6 Å². The van der Waals surface area contributed by atoms with Crippen LogP contribution in [0.15, 0.2) is 65.1 Å². The summed E-state index contributed by atoms with van der Waals surface area (Å²) in [5.41, 5.74) is 1.68. The normalized spacial score (nSPS) is 16.3. The Hall–Kier alpha value is -3.14. The summed E-state index contributed by atoms with van der Waals surface area (Å²) in [5.74, 6) is -1.59. The van der Waals surface area contributed by atoms with Gasteiger partial charge in [0.1, 0.15) is 17.8 Å². The van der Waals surface area contributed by atoms with E-state index in [0.29, 0.717) is 50.0 Å². The Kier molecular flexibility index (Phi) is 11.4. The molecule has 1 radical (unpaired) electrons. The van der Waals surface area contributed by atoms with E-state index in [0.717, 1.165) is 0 Å². The molecule has 0 unspecified atom stereocenters. The Balaban J connectivity index is 0.00000480. The van der Waals surface area contributed by atoms with E-state index in [1.165, 1.54) is 25.2 Å². The van der Waals surface area contributed by atoms with Crippen LogP contribution in [0.3, 0.4) is 0 Å². The number of ether oxygens (including phenoxy) is 3. The molecule has 0 saturated heterocycles. The number of nitrogens with zero attached hydrogens (tertiary/aromatic N) is 1. The third-order valence-electron chi connectivity index (χ3n) is 7.52. The number of amides is 2. The van der Waals surface area contributed by atoms with Gasteiger partial charge in [-0.1, -0.05) is 37.6 Å². The number of furan rings is 1. The number of hydrogen-bond donors (Lipinski definition) is 3. The summed E-state index contributed by atoms with van der Waals surface area (Å²) in [5, 5.41) is 23.0. The van der Waals surface area contributed by atoms with Gasteiger partial charge in [-0.2, -0.15) is 0 Å². The summed E-state index contributed by atoms with van der Waals surface area (Å²) in [6.45, 7) is 3.59. The van der Waals surface area contributed by atoms with Gasteiger partial charge in [0, 0.05) is 95.5 Å². The molecule has 2 amide bonds. The number of nitrogens with one attached hydrogen (secondary N) is 1. The number of carbonyl (C=O) groups is 3. The number of benzene rings is 3. The van der Waals surface area contributed by atoms with E-state index < -0.39 is 35.4 Å². The molecule has 0 saturated carbocycles. The number of aliphatic hydroxyl groups is 1. The number of fused-ring (bicyclic) bond motifs is 2. The fraction of sp³-hybridized carbons (Fsp3) is 0.303. The van der Waals surface area contributed by atoms with Crippen molar-refractivity contribution < 1.29 is 87.3 Å². The maximum absolute atomic E-state index is 14.3. The molecule has 5 rings (SSSR count). The quantitative estimate of drug-likeness (QED) is 0.184. The van der Waals surface area contributed by atoms with E-state index in [2.05, 4.69) is 5.32 Å². The Labute approximate surface area is 306 Å². The van der Waals surface area contributed by atoms with Crippen molar-refractivity contribution in [3.8, 4) is 11.5 Å². The van der Waals surface area contributed by atoms with Gasteiger partial charge in [-0.05, 0) is 48.5 Å². The van der Waals surface area contributed by atoms with Gasteiger partial charge in [0.15, 0.2) is 11.5 Å². The molecule has 0 bridgehead atoms. The van der Waals surface area contributed by atoms with Gasteiger partial charge in [-0.25, -0.2) is 4.79 Å². The molecule has 2 heterocycles. The van der Waals surface area contributed by atoms with E-state index in [-0.39, 0.29) is 69.4 Å². The maximum atomic E-state index is 14.3. The fourth-order valence-corrected chi connectivity index (χ4v) is 5.49. The van der Waals surface area contributed by atoms with Crippen molar-refractivity contribution in [1.29, 1.82) is 0 Å². The minimum Gasteiger partial charge on any atom is -0.493 e. The van der Waals surface area contributed by atoms with Gasteiger partial charge >= 0.3 is 5.97 Å². The first-order valence-corrected chi connectivity index (χ1v) is 14.5. The van der Waals surface area contributed by atoms with Crippen molar-refractivity contribution in [1.82, 2.24) is 0 Å². The van der Waals surface area contributed by atoms with Crippen molar-refractivity contribution in [3.63, 3.8) is 0 Å². The van der Waals surface area contributed by atoms with Gasteiger partial charge in [-0.3, -0.25) is 9.59 Å². The second-order valence-corrected chi connectivity index (χ2v) is 11.9. The Morgan fingerprint density at radius 3 is 2.48 bits per heavy atom. The Morgan fingerprint density at radius 2 is 1.80 bits per heavy atom. The molecule has 0 spiro atoms. The molecule has 13 heteroatoms. The molecule has 0 fully saturated rings. The molecule has 1 aromatic heterocycles. The van der Waals surface area contributed by atoms with Crippen LogP contribution in [0.5, 0.6) is 11.5 Å². The predicted octanol–water partition coefficient (Wildman–Crippen LogP) is 5.67. The zero-order valence-corrected chi connectivity index (χ0v) is 31.2. The number of carboxylic acids is 1. The second kappa shape index (κ2) is 14.7. The number of carboxylic acid groups (broad SMARTS) is 1. The third kappa shape index (κ3) is 7.53. The first-order valence-electron chi connectivity index (χ1n) is 14.1. The summed E-state index contributed by atoms with van der Waals surface area (Å²) in [7, 11) is 3.01. The SMILES string of the molecule is COc1cccc([C@H]2O[C@H](CC(=O)Nc3ccc4oc(C(=O)O)cc4c3)C(=O)N(CC(C)(C)CO)c3ccc(Cl)cc32)c1OC.[Ac]. The molecule has 3 aromatic carbocycles. The van der Waals surface area contributed by atoms with Crippen molar-refractivity contribution in [2.75, 3.05) is 37.6 Å². The number of aromatic carboxylic acids is 1. The van der Waals surface area contributed by atoms with Crippen LogP contribution in [0, 0.1) is 49.5 Å². The number of rotatable bonds is 10. The van der Waals surface area contributed by atoms with E-state index in [4.69, 9.17) is 30.2 Å². The van der Waals surface area contributed by atoms with E-state index >= 15 is 0 Å². The van der Waals surface area contributed by atoms with Gasteiger partial charge < -0.3 is 39.1 Å². The number of methoxy groups -OCH3 is 2. The van der Waals surface area contributed by atoms with Crippen LogP contribution in [0.25, 0.3) is 11.0 Å². The Bertz CT molecular complexity index is 1770. The number of carbonyl (C=O) groups excluding carboxylic acids is 2. The zero-order chi connectivity index (χ0) is 32.5. The summed E-state index contributed by atoms with van der Waals surface area (Å²) < 4.78 is 23.1. The van der Waals surface area contributed by atoms with Gasteiger partial charge in [-0.15, -0.1) is 0 Å². The fourth-order valence-electron chi connectivity index (χ4n) is 5.31. The van der Waals surface area contributed by atoms with Gasteiger partial charge in [0.25, 0.3) is 5.91 Å². The summed E-state index contributed by atoms with van der Waals surface area (Å²) in [6, 6.07) is 16.5. The average molecular weight is 864 g/mol. The zero-order valence-electron chi connectivity index (χ0n) is 25.7. The molecular weight excluding hydrogens is 831 g/mol. The van der Waals surface area contributed by atoms with Crippen LogP contribution >= 0.6 is 11.6 Å². The van der Waals surface area contributed by atoms with Crippen LogP contribution in [-0.2, 0) is 14.3 Å². The first-order chi connectivity index (χ1) is 21.4. The molecule has 239 valence electrons. The number of halogens is 1. The van der Waals surface area contributed by atoms with Gasteiger partial charge in [0.2, 0.25) is 11.7 Å². The smallest absolute Gasteiger partial charge is 0.371 e. The molecule has 0 aliphatic carbocycles. The van der Waals surface area contributed by atoms with Crippen molar-refractivity contribution in [2.45, 2.75) is 32.5 Å². The van der Waals surface area contributed by atoms with Crippen LogP contribution in [0.4, 0.5) is 11.4 Å². The molecular formula is C33H33AcClN2O9. The Morgan fingerprint density at radius 1 is 1.04 bits per heavy atom. The van der Waals surface area contributed by atoms with Crippen molar-refractivity contribution in [2.24, 2.45) is 5.41 Å². The number of hydrogen-bond acceptors (Lipinski definition) is 8.